The summed E-state index contributed by atoms with van der Waals surface area (Å²) in [4.78, 5) is 16.1. The maximum atomic E-state index is 12.0. The van der Waals surface area contributed by atoms with Gasteiger partial charge in [0.1, 0.15) is 0 Å². The highest BCUT2D eigenvalue weighted by molar-refractivity contribution is 5.31. The first kappa shape index (κ1) is 12.1. The van der Waals surface area contributed by atoms with Gasteiger partial charge in [-0.1, -0.05) is 13.8 Å². The standard InChI is InChI=1S/C12H20N4O/c1-9(2)13-5-6-14-11-12(17)16(8-7-15-11)10-3-4-10/h7-10,13H,3-6H2,1-2H3,(H,14,15). The number of nitrogens with zero attached hydrogens (tertiary/aromatic N) is 2. The molecule has 5 nitrogen and oxygen atoms in total. The molecule has 1 aliphatic rings. The summed E-state index contributed by atoms with van der Waals surface area (Å²) in [6, 6.07) is 0.864. The molecule has 94 valence electrons. The smallest absolute Gasteiger partial charge is 0.293 e. The first-order valence-electron chi connectivity index (χ1n) is 6.23. The Morgan fingerprint density at radius 3 is 2.88 bits per heavy atom. The first-order chi connectivity index (χ1) is 8.18. The van der Waals surface area contributed by atoms with Crippen LogP contribution in [0.2, 0.25) is 0 Å². The Morgan fingerprint density at radius 1 is 1.47 bits per heavy atom. The Hall–Kier alpha value is -1.36. The zero-order chi connectivity index (χ0) is 12.3. The minimum absolute atomic E-state index is 0.000420. The molecule has 17 heavy (non-hydrogen) atoms. The van der Waals surface area contributed by atoms with Gasteiger partial charge in [-0.05, 0) is 12.8 Å². The Labute approximate surface area is 101 Å². The maximum absolute atomic E-state index is 12.0. The van der Waals surface area contributed by atoms with E-state index in [1.54, 1.807) is 17.0 Å². The van der Waals surface area contributed by atoms with Gasteiger partial charge < -0.3 is 15.2 Å². The highest BCUT2D eigenvalue weighted by Crippen LogP contribution is 2.33. The van der Waals surface area contributed by atoms with Gasteiger partial charge in [0.2, 0.25) is 0 Å². The van der Waals surface area contributed by atoms with Crippen LogP contribution >= 0.6 is 0 Å². The molecule has 0 atom stereocenters. The van der Waals surface area contributed by atoms with Gasteiger partial charge in [0.25, 0.3) is 5.56 Å². The van der Waals surface area contributed by atoms with E-state index in [0.717, 1.165) is 25.9 Å². The van der Waals surface area contributed by atoms with Crippen LogP contribution in [0.5, 0.6) is 0 Å². The van der Waals surface area contributed by atoms with Crippen molar-refractivity contribution < 1.29 is 0 Å². The van der Waals surface area contributed by atoms with Crippen LogP contribution in [0.4, 0.5) is 5.82 Å². The summed E-state index contributed by atoms with van der Waals surface area (Å²) < 4.78 is 1.78. The van der Waals surface area contributed by atoms with E-state index >= 15 is 0 Å². The van der Waals surface area contributed by atoms with Gasteiger partial charge in [0.15, 0.2) is 5.82 Å². The highest BCUT2D eigenvalue weighted by Gasteiger charge is 2.25. The minimum Gasteiger partial charge on any atom is -0.364 e. The molecule has 0 unspecified atom stereocenters. The van der Waals surface area contributed by atoms with Crippen LogP contribution in [-0.4, -0.2) is 28.7 Å². The van der Waals surface area contributed by atoms with Gasteiger partial charge in [-0.2, -0.15) is 0 Å². The van der Waals surface area contributed by atoms with Crippen molar-refractivity contribution in [3.05, 3.63) is 22.7 Å². The predicted molar refractivity (Wildman–Crippen MR) is 68.4 cm³/mol. The minimum atomic E-state index is -0.000420. The monoisotopic (exact) mass is 236 g/mol. The van der Waals surface area contributed by atoms with Gasteiger partial charge in [-0.3, -0.25) is 4.79 Å². The fourth-order valence-corrected chi connectivity index (χ4v) is 1.73. The van der Waals surface area contributed by atoms with Gasteiger partial charge in [-0.15, -0.1) is 0 Å². The molecule has 0 bridgehead atoms. The van der Waals surface area contributed by atoms with Gasteiger partial charge in [0, 0.05) is 37.6 Å². The lowest BCUT2D eigenvalue weighted by atomic mass is 10.4. The van der Waals surface area contributed by atoms with E-state index < -0.39 is 0 Å². The normalized spacial score (nSPS) is 15.2. The topological polar surface area (TPSA) is 59.0 Å². The summed E-state index contributed by atoms with van der Waals surface area (Å²) in [6.45, 7) is 5.74. The van der Waals surface area contributed by atoms with E-state index in [1.807, 2.05) is 0 Å². The van der Waals surface area contributed by atoms with Crippen molar-refractivity contribution in [3.63, 3.8) is 0 Å². The van der Waals surface area contributed by atoms with Crippen molar-refractivity contribution >= 4 is 5.82 Å². The second-order valence-corrected chi connectivity index (χ2v) is 4.76. The number of nitrogens with one attached hydrogen (secondary N) is 2. The molecule has 0 amide bonds. The summed E-state index contributed by atoms with van der Waals surface area (Å²) >= 11 is 0. The van der Waals surface area contributed by atoms with Crippen LogP contribution in [0.3, 0.4) is 0 Å². The van der Waals surface area contributed by atoms with Crippen LogP contribution < -0.4 is 16.2 Å². The summed E-state index contributed by atoms with van der Waals surface area (Å²) in [5, 5.41) is 6.37. The van der Waals surface area contributed by atoms with Gasteiger partial charge >= 0.3 is 0 Å². The molecule has 1 saturated carbocycles. The average Bonchev–Trinajstić information content (AvgIpc) is 3.10. The molecular formula is C12H20N4O. The van der Waals surface area contributed by atoms with Crippen LogP contribution in [0.15, 0.2) is 17.2 Å². The van der Waals surface area contributed by atoms with Crippen molar-refractivity contribution in [2.24, 2.45) is 0 Å². The van der Waals surface area contributed by atoms with Crippen molar-refractivity contribution in [2.45, 2.75) is 38.8 Å². The molecule has 2 rings (SSSR count). The number of rotatable bonds is 6. The number of hydrogen-bond donors (Lipinski definition) is 2. The van der Waals surface area contributed by atoms with Gasteiger partial charge in [0.05, 0.1) is 0 Å². The molecule has 0 aromatic carbocycles. The van der Waals surface area contributed by atoms with Crippen LogP contribution in [0.25, 0.3) is 0 Å². The fraction of sp³-hybridized carbons (Fsp3) is 0.667. The Balaban J connectivity index is 1.92. The number of anilines is 1. The molecule has 1 fully saturated rings. The predicted octanol–water partition coefficient (Wildman–Crippen LogP) is 0.988. The Morgan fingerprint density at radius 2 is 2.24 bits per heavy atom. The fourth-order valence-electron chi connectivity index (χ4n) is 1.73. The third kappa shape index (κ3) is 3.30. The van der Waals surface area contributed by atoms with Crippen LogP contribution in [0, 0.1) is 0 Å². The van der Waals surface area contributed by atoms with Crippen molar-refractivity contribution in [2.75, 3.05) is 18.4 Å². The summed E-state index contributed by atoms with van der Waals surface area (Å²) in [5.41, 5.74) is -0.000420. The van der Waals surface area contributed by atoms with Crippen molar-refractivity contribution in [3.8, 4) is 0 Å². The lowest BCUT2D eigenvalue weighted by molar-refractivity contribution is 0.601. The van der Waals surface area contributed by atoms with E-state index in [1.165, 1.54) is 0 Å². The zero-order valence-electron chi connectivity index (χ0n) is 10.4. The number of aromatic nitrogens is 2. The quantitative estimate of drug-likeness (QED) is 0.723. The van der Waals surface area contributed by atoms with Gasteiger partial charge in [-0.25, -0.2) is 4.98 Å². The summed E-state index contributed by atoms with van der Waals surface area (Å²) in [5.74, 6) is 0.463. The third-order valence-electron chi connectivity index (χ3n) is 2.78. The molecule has 1 aromatic heterocycles. The zero-order valence-corrected chi connectivity index (χ0v) is 10.4. The van der Waals surface area contributed by atoms with E-state index in [9.17, 15) is 4.79 Å². The van der Waals surface area contributed by atoms with Crippen LogP contribution in [-0.2, 0) is 0 Å². The molecule has 1 heterocycles. The molecule has 0 aliphatic heterocycles. The average molecular weight is 236 g/mol. The van der Waals surface area contributed by atoms with E-state index in [2.05, 4.69) is 29.5 Å². The summed E-state index contributed by atoms with van der Waals surface area (Å²) in [7, 11) is 0. The van der Waals surface area contributed by atoms with E-state index in [4.69, 9.17) is 0 Å². The second kappa shape index (κ2) is 5.31. The molecule has 1 aliphatic carbocycles. The SMILES string of the molecule is CC(C)NCCNc1nccn(C2CC2)c1=O. The van der Waals surface area contributed by atoms with Crippen molar-refractivity contribution in [1.82, 2.24) is 14.9 Å². The first-order valence-corrected chi connectivity index (χ1v) is 6.23. The molecule has 1 aromatic rings. The number of hydrogen-bond acceptors (Lipinski definition) is 4. The lowest BCUT2D eigenvalue weighted by Gasteiger charge is -2.10. The van der Waals surface area contributed by atoms with E-state index in [0.29, 0.717) is 17.9 Å². The Kier molecular flexibility index (Phi) is 3.78. The van der Waals surface area contributed by atoms with Crippen LogP contribution in [0.1, 0.15) is 32.7 Å². The molecule has 0 spiro atoms. The largest absolute Gasteiger partial charge is 0.364 e. The maximum Gasteiger partial charge on any atom is 0.293 e. The summed E-state index contributed by atoms with van der Waals surface area (Å²) in [6.07, 6.45) is 5.69. The molecular weight excluding hydrogens is 216 g/mol. The van der Waals surface area contributed by atoms with E-state index in [-0.39, 0.29) is 5.56 Å². The highest BCUT2D eigenvalue weighted by atomic mass is 16.1. The Bertz CT molecular complexity index is 423. The lowest BCUT2D eigenvalue weighted by Crippen LogP contribution is -2.31. The molecule has 0 saturated heterocycles. The van der Waals surface area contributed by atoms with Crippen molar-refractivity contribution in [1.29, 1.82) is 0 Å². The molecule has 5 heteroatoms. The molecule has 0 radical (unpaired) electrons. The third-order valence-corrected chi connectivity index (χ3v) is 2.78. The molecule has 2 N–H and O–H groups in total. The second-order valence-electron chi connectivity index (χ2n) is 4.76.